The van der Waals surface area contributed by atoms with Crippen LogP contribution < -0.4 is 4.74 Å². The van der Waals surface area contributed by atoms with E-state index in [2.05, 4.69) is 88.1 Å². The summed E-state index contributed by atoms with van der Waals surface area (Å²) in [5.74, 6) is 2.01. The number of halogens is 1. The smallest absolute Gasteiger partial charge is 0.140 e. The SMILES string of the molecule is Cc1nn(-c2cccc(Oc3ccc4c5cc(C(C)CCCC(C)(C)C)ccc5n(-c5cc(F)ccn5)c4c3)c2)c(C)c1-c1ccccc1. The molecule has 0 saturated heterocycles. The van der Waals surface area contributed by atoms with Gasteiger partial charge in [-0.05, 0) is 91.6 Å². The average molecular weight is 651 g/mol. The molecule has 0 radical (unpaired) electrons. The van der Waals surface area contributed by atoms with E-state index in [9.17, 15) is 4.39 Å². The predicted octanol–water partition coefficient (Wildman–Crippen LogP) is 11.9. The molecule has 0 spiro atoms. The second-order valence-corrected chi connectivity index (χ2v) is 14.4. The maximum Gasteiger partial charge on any atom is 0.140 e. The maximum atomic E-state index is 14.5. The third kappa shape index (κ3) is 6.60. The summed E-state index contributed by atoms with van der Waals surface area (Å²) < 4.78 is 25.1. The molecule has 0 bridgehead atoms. The van der Waals surface area contributed by atoms with Crippen LogP contribution in [-0.4, -0.2) is 19.3 Å². The van der Waals surface area contributed by atoms with Crippen molar-refractivity contribution >= 4 is 21.8 Å². The first-order chi connectivity index (χ1) is 23.6. The van der Waals surface area contributed by atoms with E-state index in [1.54, 1.807) is 0 Å². The number of fused-ring (bicyclic) bond motifs is 3. The number of aromatic nitrogens is 4. The van der Waals surface area contributed by atoms with Crippen molar-refractivity contribution in [3.05, 3.63) is 132 Å². The normalized spacial score (nSPS) is 12.6. The molecule has 248 valence electrons. The highest BCUT2D eigenvalue weighted by Gasteiger charge is 2.19. The molecule has 0 aliphatic rings. The van der Waals surface area contributed by atoms with Gasteiger partial charge >= 0.3 is 0 Å². The third-order valence-corrected chi connectivity index (χ3v) is 9.48. The van der Waals surface area contributed by atoms with Crippen molar-refractivity contribution in [3.63, 3.8) is 0 Å². The highest BCUT2D eigenvalue weighted by Crippen LogP contribution is 2.38. The van der Waals surface area contributed by atoms with Crippen LogP contribution in [0.5, 0.6) is 11.5 Å². The zero-order valence-corrected chi connectivity index (χ0v) is 29.2. The van der Waals surface area contributed by atoms with Crippen LogP contribution in [0, 0.1) is 25.1 Å². The summed E-state index contributed by atoms with van der Waals surface area (Å²) in [4.78, 5) is 4.57. The van der Waals surface area contributed by atoms with Gasteiger partial charge < -0.3 is 4.74 Å². The zero-order chi connectivity index (χ0) is 34.3. The number of benzene rings is 4. The standard InChI is InChI=1S/C43H43FN4O/c1-28(12-11-22-43(4,5)6)32-17-20-39-38(24-32)37-19-18-36(27-40(37)47(39)41-25-33(44)21-23-45-41)49-35-16-10-15-34(26-35)48-30(3)42(29(2)46-48)31-13-8-7-9-14-31/h7-10,13-21,23-28H,11-12,22H2,1-6H3. The van der Waals surface area contributed by atoms with Gasteiger partial charge in [0.05, 0.1) is 22.4 Å². The molecule has 0 fully saturated rings. The maximum absolute atomic E-state index is 14.5. The van der Waals surface area contributed by atoms with E-state index in [1.165, 1.54) is 36.7 Å². The summed E-state index contributed by atoms with van der Waals surface area (Å²) in [6, 6.07) is 34.0. The third-order valence-electron chi connectivity index (χ3n) is 9.48. The Kier molecular flexibility index (Phi) is 8.57. The van der Waals surface area contributed by atoms with Crippen molar-refractivity contribution in [2.24, 2.45) is 5.41 Å². The van der Waals surface area contributed by atoms with Crippen LogP contribution in [0.2, 0.25) is 0 Å². The van der Waals surface area contributed by atoms with Gasteiger partial charge in [0.15, 0.2) is 0 Å². The molecule has 6 heteroatoms. The van der Waals surface area contributed by atoms with Crippen LogP contribution >= 0.6 is 0 Å². The second-order valence-electron chi connectivity index (χ2n) is 14.4. The lowest BCUT2D eigenvalue weighted by atomic mass is 9.86. The van der Waals surface area contributed by atoms with Gasteiger partial charge in [-0.3, -0.25) is 4.57 Å². The van der Waals surface area contributed by atoms with Crippen LogP contribution in [0.1, 0.15) is 69.8 Å². The Bertz CT molecular complexity index is 2280. The van der Waals surface area contributed by atoms with E-state index in [0.29, 0.717) is 28.6 Å². The van der Waals surface area contributed by atoms with Crippen LogP contribution in [-0.2, 0) is 0 Å². The summed E-state index contributed by atoms with van der Waals surface area (Å²) in [5.41, 5.74) is 8.78. The van der Waals surface area contributed by atoms with Crippen LogP contribution in [0.4, 0.5) is 4.39 Å². The fourth-order valence-corrected chi connectivity index (χ4v) is 6.99. The van der Waals surface area contributed by atoms with E-state index >= 15 is 0 Å². The monoisotopic (exact) mass is 650 g/mol. The van der Waals surface area contributed by atoms with Crippen LogP contribution in [0.25, 0.3) is 44.4 Å². The number of rotatable bonds is 9. The molecule has 1 atom stereocenters. The summed E-state index contributed by atoms with van der Waals surface area (Å²) in [5, 5.41) is 7.08. The number of nitrogens with zero attached hydrogens (tertiary/aromatic N) is 4. The lowest BCUT2D eigenvalue weighted by Gasteiger charge is -2.19. The summed E-state index contributed by atoms with van der Waals surface area (Å²) >= 11 is 0. The van der Waals surface area contributed by atoms with Gasteiger partial charge in [0.2, 0.25) is 0 Å². The fourth-order valence-electron chi connectivity index (χ4n) is 6.99. The minimum absolute atomic E-state index is 0.326. The fraction of sp³-hybridized carbons (Fsp3) is 0.256. The van der Waals surface area contributed by atoms with E-state index in [1.807, 2.05) is 58.6 Å². The molecule has 0 amide bonds. The highest BCUT2D eigenvalue weighted by atomic mass is 19.1. The second kappa shape index (κ2) is 13.0. The molecule has 1 unspecified atom stereocenters. The average Bonchev–Trinajstić information content (AvgIpc) is 3.56. The van der Waals surface area contributed by atoms with Gasteiger partial charge in [-0.2, -0.15) is 5.10 Å². The van der Waals surface area contributed by atoms with E-state index in [0.717, 1.165) is 56.4 Å². The van der Waals surface area contributed by atoms with Gasteiger partial charge in [-0.1, -0.05) is 76.6 Å². The number of ether oxygens (including phenoxy) is 1. The number of aryl methyl sites for hydroxylation is 1. The van der Waals surface area contributed by atoms with E-state index in [4.69, 9.17) is 9.84 Å². The van der Waals surface area contributed by atoms with Crippen LogP contribution in [0.15, 0.2) is 109 Å². The first-order valence-corrected chi connectivity index (χ1v) is 17.2. The quantitative estimate of drug-likeness (QED) is 0.156. The van der Waals surface area contributed by atoms with Gasteiger partial charge in [0, 0.05) is 46.4 Å². The Morgan fingerprint density at radius 2 is 1.59 bits per heavy atom. The molecule has 49 heavy (non-hydrogen) atoms. The minimum atomic E-state index is -0.326. The number of hydrogen-bond donors (Lipinski definition) is 0. The first kappa shape index (κ1) is 32.3. The molecule has 4 aromatic carbocycles. The molecule has 0 saturated carbocycles. The zero-order valence-electron chi connectivity index (χ0n) is 29.2. The molecule has 3 aromatic heterocycles. The van der Waals surface area contributed by atoms with Crippen molar-refractivity contribution < 1.29 is 9.13 Å². The summed E-state index contributed by atoms with van der Waals surface area (Å²) in [6.07, 6.45) is 5.04. The predicted molar refractivity (Wildman–Crippen MR) is 199 cm³/mol. The van der Waals surface area contributed by atoms with E-state index in [-0.39, 0.29) is 5.82 Å². The number of hydrogen-bond acceptors (Lipinski definition) is 3. The Hall–Kier alpha value is -5.23. The van der Waals surface area contributed by atoms with Crippen molar-refractivity contribution in [1.82, 2.24) is 19.3 Å². The molecule has 3 heterocycles. The summed E-state index contributed by atoms with van der Waals surface area (Å²) in [6.45, 7) is 13.4. The van der Waals surface area contributed by atoms with Gasteiger partial charge in [-0.25, -0.2) is 14.1 Å². The molecule has 7 rings (SSSR count). The largest absolute Gasteiger partial charge is 0.457 e. The molecule has 0 aliphatic carbocycles. The van der Waals surface area contributed by atoms with Crippen molar-refractivity contribution in [3.8, 4) is 34.1 Å². The first-order valence-electron chi connectivity index (χ1n) is 17.2. The highest BCUT2D eigenvalue weighted by molar-refractivity contribution is 6.09. The minimum Gasteiger partial charge on any atom is -0.457 e. The molecule has 5 nitrogen and oxygen atoms in total. The molecular weight excluding hydrogens is 607 g/mol. The number of pyridine rings is 1. The molecular formula is C43H43FN4O. The van der Waals surface area contributed by atoms with Crippen molar-refractivity contribution in [2.45, 2.75) is 66.7 Å². The molecule has 0 aliphatic heterocycles. The Labute approximate surface area is 288 Å². The Morgan fingerprint density at radius 1 is 0.796 bits per heavy atom. The van der Waals surface area contributed by atoms with Gasteiger partial charge in [0.1, 0.15) is 23.1 Å². The Balaban J connectivity index is 1.25. The van der Waals surface area contributed by atoms with Crippen molar-refractivity contribution in [1.29, 1.82) is 0 Å². The van der Waals surface area contributed by atoms with Gasteiger partial charge in [0.25, 0.3) is 0 Å². The molecule has 7 aromatic rings. The lowest BCUT2D eigenvalue weighted by molar-refractivity contribution is 0.354. The van der Waals surface area contributed by atoms with Crippen molar-refractivity contribution in [2.75, 3.05) is 0 Å². The van der Waals surface area contributed by atoms with Crippen LogP contribution in [0.3, 0.4) is 0 Å². The van der Waals surface area contributed by atoms with Gasteiger partial charge in [-0.15, -0.1) is 0 Å². The lowest BCUT2D eigenvalue weighted by Crippen LogP contribution is -2.05. The van der Waals surface area contributed by atoms with E-state index < -0.39 is 0 Å². The summed E-state index contributed by atoms with van der Waals surface area (Å²) in [7, 11) is 0. The molecule has 0 N–H and O–H groups in total. The topological polar surface area (TPSA) is 44.9 Å². The Morgan fingerprint density at radius 3 is 2.37 bits per heavy atom.